The summed E-state index contributed by atoms with van der Waals surface area (Å²) >= 11 is 0. The Morgan fingerprint density at radius 1 is 1.08 bits per heavy atom. The fourth-order valence-electron chi connectivity index (χ4n) is 2.83. The van der Waals surface area contributed by atoms with Crippen molar-refractivity contribution in [2.45, 2.75) is 31.7 Å². The van der Waals surface area contributed by atoms with Crippen molar-refractivity contribution in [3.05, 3.63) is 66.1 Å². The zero-order valence-electron chi connectivity index (χ0n) is 14.3. The third kappa shape index (κ3) is 3.74. The van der Waals surface area contributed by atoms with Gasteiger partial charge in [-0.25, -0.2) is 4.79 Å². The van der Waals surface area contributed by atoms with Gasteiger partial charge in [-0.1, -0.05) is 41.9 Å². The molecule has 6 heteroatoms. The van der Waals surface area contributed by atoms with E-state index in [4.69, 9.17) is 4.52 Å². The summed E-state index contributed by atoms with van der Waals surface area (Å²) in [5.41, 5.74) is 2.63. The topological polar surface area (TPSA) is 80.0 Å². The lowest BCUT2D eigenvalue weighted by Gasteiger charge is -2.20. The number of carbonyl (C=O) groups excluding carboxylic acids is 1. The summed E-state index contributed by atoms with van der Waals surface area (Å²) < 4.78 is 5.35. The largest absolute Gasteiger partial charge is 0.339 e. The van der Waals surface area contributed by atoms with Crippen LogP contribution in [0.5, 0.6) is 0 Å². The molecule has 0 atom stereocenters. The smallest absolute Gasteiger partial charge is 0.319 e. The Balaban J connectivity index is 1.33. The molecular weight excluding hydrogens is 328 g/mol. The van der Waals surface area contributed by atoms with Gasteiger partial charge >= 0.3 is 6.03 Å². The lowest BCUT2D eigenvalue weighted by Crippen LogP contribution is -2.28. The standard InChI is InChI=1S/C20H20N4O2/c25-20(21-13-14-5-2-1-3-6-14)22-17-11-9-15(10-12-17)18-23-19(26-24-18)16-7-4-8-16/h1-3,5-6,9-12,16H,4,7-8,13H2,(H2,21,22,25). The van der Waals surface area contributed by atoms with E-state index in [-0.39, 0.29) is 6.03 Å². The summed E-state index contributed by atoms with van der Waals surface area (Å²) in [5, 5.41) is 9.71. The SMILES string of the molecule is O=C(NCc1ccccc1)Nc1ccc(-c2noc(C3CCC3)n2)cc1. The molecule has 6 nitrogen and oxygen atoms in total. The fraction of sp³-hybridized carbons (Fsp3) is 0.250. The predicted octanol–water partition coefficient (Wildman–Crippen LogP) is 4.33. The van der Waals surface area contributed by atoms with Gasteiger partial charge in [-0.3, -0.25) is 0 Å². The van der Waals surface area contributed by atoms with E-state index in [9.17, 15) is 4.79 Å². The molecule has 0 saturated heterocycles. The number of amides is 2. The minimum atomic E-state index is -0.242. The average Bonchev–Trinajstić information content (AvgIpc) is 3.09. The number of benzene rings is 2. The Bertz CT molecular complexity index is 870. The molecule has 0 aliphatic heterocycles. The molecule has 1 heterocycles. The van der Waals surface area contributed by atoms with Gasteiger partial charge in [-0.2, -0.15) is 4.98 Å². The van der Waals surface area contributed by atoms with Crippen LogP contribution in [0.1, 0.15) is 36.6 Å². The van der Waals surface area contributed by atoms with E-state index in [1.54, 1.807) is 0 Å². The number of nitrogens with zero attached hydrogens (tertiary/aromatic N) is 2. The second-order valence-corrected chi connectivity index (χ2v) is 6.45. The van der Waals surface area contributed by atoms with Crippen molar-refractivity contribution in [2.24, 2.45) is 0 Å². The zero-order valence-corrected chi connectivity index (χ0v) is 14.3. The molecule has 1 saturated carbocycles. The number of hydrogen-bond donors (Lipinski definition) is 2. The molecule has 26 heavy (non-hydrogen) atoms. The molecule has 3 aromatic rings. The molecule has 1 aromatic heterocycles. The van der Waals surface area contributed by atoms with E-state index >= 15 is 0 Å². The number of carbonyl (C=O) groups is 1. The van der Waals surface area contributed by atoms with Gasteiger partial charge < -0.3 is 15.2 Å². The van der Waals surface area contributed by atoms with Crippen molar-refractivity contribution in [1.82, 2.24) is 15.5 Å². The first-order valence-electron chi connectivity index (χ1n) is 8.81. The van der Waals surface area contributed by atoms with Crippen LogP contribution in [0.3, 0.4) is 0 Å². The summed E-state index contributed by atoms with van der Waals surface area (Å²) in [6, 6.07) is 17.0. The van der Waals surface area contributed by atoms with Gasteiger partial charge in [-0.15, -0.1) is 0 Å². The maximum atomic E-state index is 12.0. The van der Waals surface area contributed by atoms with Crippen LogP contribution in [-0.4, -0.2) is 16.2 Å². The van der Waals surface area contributed by atoms with E-state index in [1.807, 2.05) is 54.6 Å². The second-order valence-electron chi connectivity index (χ2n) is 6.45. The van der Waals surface area contributed by atoms with E-state index in [2.05, 4.69) is 20.8 Å². The summed E-state index contributed by atoms with van der Waals surface area (Å²) in [6.45, 7) is 0.484. The fourth-order valence-corrected chi connectivity index (χ4v) is 2.83. The van der Waals surface area contributed by atoms with Crippen molar-refractivity contribution in [3.63, 3.8) is 0 Å². The van der Waals surface area contributed by atoms with Gasteiger partial charge in [-0.05, 0) is 42.7 Å². The van der Waals surface area contributed by atoms with Gasteiger partial charge in [0.05, 0.1) is 0 Å². The molecule has 2 amide bonds. The van der Waals surface area contributed by atoms with Gasteiger partial charge in [0, 0.05) is 23.7 Å². The first-order valence-corrected chi connectivity index (χ1v) is 8.81. The minimum absolute atomic E-state index is 0.242. The number of rotatable bonds is 5. The molecule has 0 radical (unpaired) electrons. The normalized spacial score (nSPS) is 13.8. The molecule has 0 bridgehead atoms. The first kappa shape index (κ1) is 16.3. The van der Waals surface area contributed by atoms with Gasteiger partial charge in [0.2, 0.25) is 11.7 Å². The summed E-state index contributed by atoms with van der Waals surface area (Å²) in [5.74, 6) is 1.74. The molecule has 2 aromatic carbocycles. The predicted molar refractivity (Wildman–Crippen MR) is 98.6 cm³/mol. The Kier molecular flexibility index (Phi) is 4.64. The van der Waals surface area contributed by atoms with Crippen molar-refractivity contribution in [2.75, 3.05) is 5.32 Å². The van der Waals surface area contributed by atoms with Gasteiger partial charge in [0.1, 0.15) is 0 Å². The molecule has 4 rings (SSSR count). The zero-order chi connectivity index (χ0) is 17.8. The first-order chi connectivity index (χ1) is 12.8. The number of anilines is 1. The summed E-state index contributed by atoms with van der Waals surface area (Å²) in [6.07, 6.45) is 3.49. The number of aromatic nitrogens is 2. The van der Waals surface area contributed by atoms with Crippen molar-refractivity contribution >= 4 is 11.7 Å². The third-order valence-corrected chi connectivity index (χ3v) is 4.59. The quantitative estimate of drug-likeness (QED) is 0.719. The van der Waals surface area contributed by atoms with E-state index in [0.717, 1.165) is 29.9 Å². The van der Waals surface area contributed by atoms with Crippen LogP contribution in [-0.2, 0) is 6.54 Å². The highest BCUT2D eigenvalue weighted by Gasteiger charge is 2.25. The van der Waals surface area contributed by atoms with Crippen LogP contribution in [0, 0.1) is 0 Å². The Morgan fingerprint density at radius 3 is 2.54 bits per heavy atom. The van der Waals surface area contributed by atoms with Gasteiger partial charge in [0.25, 0.3) is 0 Å². The van der Waals surface area contributed by atoms with Crippen molar-refractivity contribution in [1.29, 1.82) is 0 Å². The summed E-state index contributed by atoms with van der Waals surface area (Å²) in [4.78, 5) is 16.5. The molecule has 0 unspecified atom stereocenters. The van der Waals surface area contributed by atoms with Crippen molar-refractivity contribution < 1.29 is 9.32 Å². The minimum Gasteiger partial charge on any atom is -0.339 e. The van der Waals surface area contributed by atoms with Crippen LogP contribution < -0.4 is 10.6 Å². The number of urea groups is 1. The Hall–Kier alpha value is -3.15. The highest BCUT2D eigenvalue weighted by atomic mass is 16.5. The van der Waals surface area contributed by atoms with Crippen LogP contribution in [0.25, 0.3) is 11.4 Å². The molecule has 0 spiro atoms. The van der Waals surface area contributed by atoms with Crippen LogP contribution in [0.15, 0.2) is 59.1 Å². The van der Waals surface area contributed by atoms with Gasteiger partial charge in [0.15, 0.2) is 0 Å². The van der Waals surface area contributed by atoms with E-state index in [1.165, 1.54) is 6.42 Å². The van der Waals surface area contributed by atoms with Crippen LogP contribution >= 0.6 is 0 Å². The Labute approximate surface area is 151 Å². The highest BCUT2D eigenvalue weighted by molar-refractivity contribution is 5.89. The Morgan fingerprint density at radius 2 is 1.85 bits per heavy atom. The molecule has 2 N–H and O–H groups in total. The lowest BCUT2D eigenvalue weighted by molar-refractivity contribution is 0.251. The van der Waals surface area contributed by atoms with Crippen molar-refractivity contribution in [3.8, 4) is 11.4 Å². The molecule has 132 valence electrons. The maximum absolute atomic E-state index is 12.0. The van der Waals surface area contributed by atoms with Crippen LogP contribution in [0.4, 0.5) is 10.5 Å². The lowest BCUT2D eigenvalue weighted by atomic mass is 9.85. The summed E-state index contributed by atoms with van der Waals surface area (Å²) in [7, 11) is 0. The number of hydrogen-bond acceptors (Lipinski definition) is 4. The second kappa shape index (κ2) is 7.39. The maximum Gasteiger partial charge on any atom is 0.319 e. The van der Waals surface area contributed by atoms with E-state index in [0.29, 0.717) is 24.0 Å². The molecular formula is C20H20N4O2. The number of nitrogens with one attached hydrogen (secondary N) is 2. The molecule has 1 aliphatic carbocycles. The third-order valence-electron chi connectivity index (χ3n) is 4.59. The average molecular weight is 348 g/mol. The molecule has 1 aliphatic rings. The van der Waals surface area contributed by atoms with Crippen LogP contribution in [0.2, 0.25) is 0 Å². The highest BCUT2D eigenvalue weighted by Crippen LogP contribution is 2.36. The monoisotopic (exact) mass is 348 g/mol. The molecule has 1 fully saturated rings. The van der Waals surface area contributed by atoms with E-state index < -0.39 is 0 Å².